The van der Waals surface area contributed by atoms with Crippen LogP contribution in [0.1, 0.15) is 31.2 Å². The van der Waals surface area contributed by atoms with E-state index in [2.05, 4.69) is 0 Å². The number of hydrogen-bond acceptors (Lipinski definition) is 2. The molecule has 3 rings (SSSR count). The zero-order chi connectivity index (χ0) is 11.9. The molecule has 0 N–H and O–H groups in total. The van der Waals surface area contributed by atoms with E-state index in [1.165, 1.54) is 0 Å². The summed E-state index contributed by atoms with van der Waals surface area (Å²) in [6, 6.07) is 9.96. The fourth-order valence-corrected chi connectivity index (χ4v) is 2.86. The Bertz CT molecular complexity index is 472. The van der Waals surface area contributed by atoms with Crippen LogP contribution in [0.2, 0.25) is 0 Å². The summed E-state index contributed by atoms with van der Waals surface area (Å²) in [7, 11) is 1.83. The van der Waals surface area contributed by atoms with E-state index in [-0.39, 0.29) is 5.91 Å². The van der Waals surface area contributed by atoms with E-state index in [9.17, 15) is 4.79 Å². The summed E-state index contributed by atoms with van der Waals surface area (Å²) < 4.78 is 0. The molecular formula is C14H16N2O. The van der Waals surface area contributed by atoms with Gasteiger partial charge in [-0.05, 0) is 12.8 Å². The van der Waals surface area contributed by atoms with Gasteiger partial charge < -0.3 is 0 Å². The molecule has 1 heterocycles. The van der Waals surface area contributed by atoms with Gasteiger partial charge in [-0.25, -0.2) is 0 Å². The van der Waals surface area contributed by atoms with Gasteiger partial charge in [-0.3, -0.25) is 14.7 Å². The number of carbonyl (C=O) groups is 1. The Morgan fingerprint density at radius 1 is 1.18 bits per heavy atom. The lowest BCUT2D eigenvalue weighted by Gasteiger charge is -2.18. The number of aliphatic imine (C=N–C) groups is 1. The summed E-state index contributed by atoms with van der Waals surface area (Å²) >= 11 is 0. The van der Waals surface area contributed by atoms with Crippen molar-refractivity contribution in [1.82, 2.24) is 4.90 Å². The standard InChI is InChI=1S/C14H16N2O/c1-16-12(11-7-3-2-4-8-11)15-14(13(16)17)9-5-6-10-14/h2-4,7-8H,5-6,9-10H2,1H3. The Balaban J connectivity index is 2.03. The van der Waals surface area contributed by atoms with Crippen LogP contribution in [0.4, 0.5) is 0 Å². The lowest BCUT2D eigenvalue weighted by atomic mass is 9.98. The van der Waals surface area contributed by atoms with Gasteiger partial charge in [-0.2, -0.15) is 0 Å². The maximum atomic E-state index is 12.3. The van der Waals surface area contributed by atoms with Crippen LogP contribution in [0.25, 0.3) is 0 Å². The van der Waals surface area contributed by atoms with E-state index < -0.39 is 5.54 Å². The second kappa shape index (κ2) is 3.69. The van der Waals surface area contributed by atoms with Gasteiger partial charge in [0, 0.05) is 12.6 Å². The predicted octanol–water partition coefficient (Wildman–Crippen LogP) is 2.22. The molecule has 0 bridgehead atoms. The van der Waals surface area contributed by atoms with Crippen LogP contribution >= 0.6 is 0 Å². The maximum Gasteiger partial charge on any atom is 0.255 e. The Labute approximate surface area is 101 Å². The van der Waals surface area contributed by atoms with Crippen LogP contribution in [0.3, 0.4) is 0 Å². The molecule has 1 aromatic rings. The Morgan fingerprint density at radius 3 is 2.47 bits per heavy atom. The summed E-state index contributed by atoms with van der Waals surface area (Å²) in [5, 5.41) is 0. The van der Waals surface area contributed by atoms with Crippen LogP contribution in [-0.4, -0.2) is 29.2 Å². The average molecular weight is 228 g/mol. The topological polar surface area (TPSA) is 32.7 Å². The minimum absolute atomic E-state index is 0.175. The molecule has 0 saturated heterocycles. The number of likely N-dealkylation sites (N-methyl/N-ethyl adjacent to an activating group) is 1. The van der Waals surface area contributed by atoms with E-state index in [1.807, 2.05) is 37.4 Å². The zero-order valence-corrected chi connectivity index (χ0v) is 10.0. The molecule has 1 fully saturated rings. The first kappa shape index (κ1) is 10.5. The molecule has 1 amide bonds. The van der Waals surface area contributed by atoms with Gasteiger partial charge in [0.15, 0.2) is 0 Å². The zero-order valence-electron chi connectivity index (χ0n) is 10.0. The second-order valence-corrected chi connectivity index (χ2v) is 4.90. The van der Waals surface area contributed by atoms with Crippen LogP contribution in [0.15, 0.2) is 35.3 Å². The van der Waals surface area contributed by atoms with Gasteiger partial charge in [-0.1, -0.05) is 43.2 Å². The van der Waals surface area contributed by atoms with Crippen molar-refractivity contribution in [3.05, 3.63) is 35.9 Å². The highest BCUT2D eigenvalue weighted by atomic mass is 16.2. The number of amidine groups is 1. The largest absolute Gasteiger partial charge is 0.298 e. The molecule has 3 heteroatoms. The Kier molecular flexibility index (Phi) is 2.28. The van der Waals surface area contributed by atoms with Gasteiger partial charge in [0.1, 0.15) is 11.4 Å². The van der Waals surface area contributed by atoms with Gasteiger partial charge in [0.05, 0.1) is 0 Å². The van der Waals surface area contributed by atoms with Crippen molar-refractivity contribution in [1.29, 1.82) is 0 Å². The van der Waals surface area contributed by atoms with Crippen LogP contribution in [-0.2, 0) is 4.79 Å². The van der Waals surface area contributed by atoms with Crippen molar-refractivity contribution in [3.8, 4) is 0 Å². The number of benzene rings is 1. The van der Waals surface area contributed by atoms with Crippen molar-refractivity contribution in [3.63, 3.8) is 0 Å². The van der Waals surface area contributed by atoms with Crippen molar-refractivity contribution in [2.24, 2.45) is 4.99 Å². The van der Waals surface area contributed by atoms with Crippen LogP contribution < -0.4 is 0 Å². The summed E-state index contributed by atoms with van der Waals surface area (Å²) in [6.07, 6.45) is 4.05. The van der Waals surface area contributed by atoms with Crippen LogP contribution in [0, 0.1) is 0 Å². The normalized spacial score (nSPS) is 22.3. The quantitative estimate of drug-likeness (QED) is 0.725. The molecule has 1 aromatic carbocycles. The SMILES string of the molecule is CN1C(=O)C2(CCCC2)N=C1c1ccccc1. The summed E-state index contributed by atoms with van der Waals surface area (Å²) in [5.74, 6) is 1.01. The third kappa shape index (κ3) is 1.49. The molecule has 17 heavy (non-hydrogen) atoms. The summed E-state index contributed by atoms with van der Waals surface area (Å²) in [6.45, 7) is 0. The predicted molar refractivity (Wildman–Crippen MR) is 66.9 cm³/mol. The number of rotatable bonds is 1. The molecule has 2 aliphatic rings. The van der Waals surface area contributed by atoms with Crippen molar-refractivity contribution in [2.45, 2.75) is 31.2 Å². The smallest absolute Gasteiger partial charge is 0.255 e. The molecule has 88 valence electrons. The first-order valence-electron chi connectivity index (χ1n) is 6.16. The van der Waals surface area contributed by atoms with E-state index in [0.29, 0.717) is 0 Å². The van der Waals surface area contributed by atoms with Crippen LogP contribution in [0.5, 0.6) is 0 Å². The van der Waals surface area contributed by atoms with E-state index in [4.69, 9.17) is 4.99 Å². The number of hydrogen-bond donors (Lipinski definition) is 0. The lowest BCUT2D eigenvalue weighted by molar-refractivity contribution is -0.130. The minimum Gasteiger partial charge on any atom is -0.298 e. The number of nitrogens with zero attached hydrogens (tertiary/aromatic N) is 2. The fraction of sp³-hybridized carbons (Fsp3) is 0.429. The van der Waals surface area contributed by atoms with Gasteiger partial charge >= 0.3 is 0 Å². The maximum absolute atomic E-state index is 12.3. The first-order chi connectivity index (χ1) is 8.23. The third-order valence-electron chi connectivity index (χ3n) is 3.80. The Hall–Kier alpha value is -1.64. The van der Waals surface area contributed by atoms with Gasteiger partial charge in [0.2, 0.25) is 0 Å². The molecule has 1 spiro atoms. The number of amides is 1. The molecule has 0 radical (unpaired) electrons. The van der Waals surface area contributed by atoms with Crippen molar-refractivity contribution >= 4 is 11.7 Å². The summed E-state index contributed by atoms with van der Waals surface area (Å²) in [5.41, 5.74) is 0.604. The highest BCUT2D eigenvalue weighted by molar-refractivity contribution is 6.15. The molecule has 0 aromatic heterocycles. The highest BCUT2D eigenvalue weighted by Gasteiger charge is 2.48. The van der Waals surface area contributed by atoms with E-state index in [0.717, 1.165) is 37.1 Å². The average Bonchev–Trinajstić information content (AvgIpc) is 2.93. The van der Waals surface area contributed by atoms with Gasteiger partial charge in [-0.15, -0.1) is 0 Å². The fourth-order valence-electron chi connectivity index (χ4n) is 2.86. The third-order valence-corrected chi connectivity index (χ3v) is 3.80. The van der Waals surface area contributed by atoms with E-state index >= 15 is 0 Å². The Morgan fingerprint density at radius 2 is 1.82 bits per heavy atom. The summed E-state index contributed by atoms with van der Waals surface area (Å²) in [4.78, 5) is 18.8. The monoisotopic (exact) mass is 228 g/mol. The number of carbonyl (C=O) groups excluding carboxylic acids is 1. The molecular weight excluding hydrogens is 212 g/mol. The molecule has 3 nitrogen and oxygen atoms in total. The highest BCUT2D eigenvalue weighted by Crippen LogP contribution is 2.39. The van der Waals surface area contributed by atoms with E-state index in [1.54, 1.807) is 4.90 Å². The molecule has 1 aliphatic heterocycles. The second-order valence-electron chi connectivity index (χ2n) is 4.90. The molecule has 1 aliphatic carbocycles. The van der Waals surface area contributed by atoms with Crippen molar-refractivity contribution in [2.75, 3.05) is 7.05 Å². The minimum atomic E-state index is -0.431. The molecule has 1 saturated carbocycles. The van der Waals surface area contributed by atoms with Crippen molar-refractivity contribution < 1.29 is 4.79 Å². The lowest BCUT2D eigenvalue weighted by Crippen LogP contribution is -2.38. The molecule has 0 unspecified atom stereocenters. The molecule has 0 atom stereocenters. The first-order valence-corrected chi connectivity index (χ1v) is 6.16. The van der Waals surface area contributed by atoms with Gasteiger partial charge in [0.25, 0.3) is 5.91 Å².